The molecule has 0 saturated heterocycles. The Labute approximate surface area is 148 Å². The van der Waals surface area contributed by atoms with Crippen molar-refractivity contribution in [3.8, 4) is 22.3 Å². The molecular weight excluding hydrogens is 328 g/mol. The monoisotopic (exact) mass is 344 g/mol. The number of hydrogen-bond acceptors (Lipinski definition) is 5. The first kappa shape index (κ1) is 14.6. The molecule has 0 aliphatic heterocycles. The molecule has 8 heteroatoms. The summed E-state index contributed by atoms with van der Waals surface area (Å²) in [6.45, 7) is 0. The first-order valence-corrected chi connectivity index (χ1v) is 8.21. The summed E-state index contributed by atoms with van der Waals surface area (Å²) in [7, 11) is 3.71. The molecule has 5 rings (SSSR count). The number of H-pyrrole nitrogens is 1. The van der Waals surface area contributed by atoms with Gasteiger partial charge in [0.25, 0.3) is 0 Å². The van der Waals surface area contributed by atoms with Crippen molar-refractivity contribution in [3.63, 3.8) is 0 Å². The molecule has 0 spiro atoms. The van der Waals surface area contributed by atoms with Crippen LogP contribution in [0.5, 0.6) is 0 Å². The van der Waals surface area contributed by atoms with E-state index in [0.29, 0.717) is 5.95 Å². The van der Waals surface area contributed by atoms with Crippen LogP contribution < -0.4 is 5.32 Å². The molecule has 0 amide bonds. The SMILES string of the molecule is CNc1ncc2c(-c3ccn4ncc(-c5cnn(C)c5)c4c3)c[nH]c2n1. The van der Waals surface area contributed by atoms with Crippen LogP contribution in [-0.2, 0) is 7.05 Å². The summed E-state index contributed by atoms with van der Waals surface area (Å²) in [5.41, 5.74) is 6.06. The fraction of sp³-hybridized carbons (Fsp3) is 0.111. The highest BCUT2D eigenvalue weighted by Gasteiger charge is 2.13. The van der Waals surface area contributed by atoms with E-state index in [1.807, 2.05) is 54.8 Å². The standard InChI is InChI=1S/C18H16N8/c1-19-18-21-8-15-13(7-20-17(15)24-18)11-3-4-26-16(5-11)14(9-23-26)12-6-22-25(2)10-12/h3-10H,1-2H3,(H2,19,20,21,24). The van der Waals surface area contributed by atoms with Gasteiger partial charge in [-0.1, -0.05) is 0 Å². The number of aromatic amines is 1. The molecule has 8 nitrogen and oxygen atoms in total. The normalized spacial score (nSPS) is 11.5. The van der Waals surface area contributed by atoms with Gasteiger partial charge in [-0.15, -0.1) is 0 Å². The van der Waals surface area contributed by atoms with Crippen LogP contribution in [0, 0.1) is 0 Å². The molecule has 5 aromatic rings. The number of anilines is 1. The summed E-state index contributed by atoms with van der Waals surface area (Å²) in [5.74, 6) is 0.594. The second kappa shape index (κ2) is 5.41. The Morgan fingerprint density at radius 1 is 1.08 bits per heavy atom. The Balaban J connectivity index is 1.68. The van der Waals surface area contributed by atoms with E-state index >= 15 is 0 Å². The van der Waals surface area contributed by atoms with Gasteiger partial charge in [-0.25, -0.2) is 9.50 Å². The molecule has 128 valence electrons. The van der Waals surface area contributed by atoms with E-state index in [4.69, 9.17) is 0 Å². The maximum Gasteiger partial charge on any atom is 0.224 e. The highest BCUT2D eigenvalue weighted by Crippen LogP contribution is 2.31. The highest BCUT2D eigenvalue weighted by atomic mass is 15.2. The summed E-state index contributed by atoms with van der Waals surface area (Å²) in [6, 6.07) is 4.17. The van der Waals surface area contributed by atoms with Gasteiger partial charge in [0.15, 0.2) is 0 Å². The molecule has 2 N–H and O–H groups in total. The summed E-state index contributed by atoms with van der Waals surface area (Å²) < 4.78 is 3.66. The van der Waals surface area contributed by atoms with Crippen LogP contribution in [0.3, 0.4) is 0 Å². The maximum atomic E-state index is 4.45. The number of pyridine rings is 1. The Morgan fingerprint density at radius 3 is 2.81 bits per heavy atom. The predicted molar refractivity (Wildman–Crippen MR) is 99.8 cm³/mol. The summed E-state index contributed by atoms with van der Waals surface area (Å²) >= 11 is 0. The molecule has 0 bridgehead atoms. The number of nitrogens with zero attached hydrogens (tertiary/aromatic N) is 6. The summed E-state index contributed by atoms with van der Waals surface area (Å²) in [5, 5.41) is 12.6. The first-order chi connectivity index (χ1) is 12.7. The van der Waals surface area contributed by atoms with Gasteiger partial charge in [0.2, 0.25) is 5.95 Å². The molecule has 0 aliphatic carbocycles. The highest BCUT2D eigenvalue weighted by molar-refractivity contribution is 5.95. The molecule has 0 aliphatic rings. The molecular formula is C18H16N8. The van der Waals surface area contributed by atoms with Crippen LogP contribution in [0.4, 0.5) is 5.95 Å². The lowest BCUT2D eigenvalue weighted by Crippen LogP contribution is -1.95. The van der Waals surface area contributed by atoms with Crippen LogP contribution in [0.2, 0.25) is 0 Å². The number of aromatic nitrogens is 7. The Morgan fingerprint density at radius 2 is 2.00 bits per heavy atom. The Hall–Kier alpha value is -3.68. The fourth-order valence-electron chi connectivity index (χ4n) is 3.20. The van der Waals surface area contributed by atoms with E-state index in [9.17, 15) is 0 Å². The zero-order valence-corrected chi connectivity index (χ0v) is 14.3. The van der Waals surface area contributed by atoms with Gasteiger partial charge in [-0.2, -0.15) is 15.2 Å². The third-order valence-corrected chi connectivity index (χ3v) is 4.50. The minimum Gasteiger partial charge on any atom is -0.357 e. The zero-order chi connectivity index (χ0) is 17.7. The second-order valence-electron chi connectivity index (χ2n) is 6.11. The lowest BCUT2D eigenvalue weighted by Gasteiger charge is -2.03. The lowest BCUT2D eigenvalue weighted by atomic mass is 10.1. The minimum absolute atomic E-state index is 0.594. The van der Waals surface area contributed by atoms with E-state index < -0.39 is 0 Å². The van der Waals surface area contributed by atoms with Crippen LogP contribution >= 0.6 is 0 Å². The van der Waals surface area contributed by atoms with Gasteiger partial charge in [0, 0.05) is 61.0 Å². The van der Waals surface area contributed by atoms with Crippen molar-refractivity contribution in [1.82, 2.24) is 34.3 Å². The average Bonchev–Trinajstić information content (AvgIpc) is 3.37. The fourth-order valence-corrected chi connectivity index (χ4v) is 3.20. The quantitative estimate of drug-likeness (QED) is 0.525. The van der Waals surface area contributed by atoms with Crippen LogP contribution in [0.1, 0.15) is 0 Å². The molecule has 5 heterocycles. The molecule has 0 aromatic carbocycles. The predicted octanol–water partition coefficient (Wildman–Crippen LogP) is 2.71. The van der Waals surface area contributed by atoms with Gasteiger partial charge in [0.1, 0.15) is 5.65 Å². The first-order valence-electron chi connectivity index (χ1n) is 8.21. The smallest absolute Gasteiger partial charge is 0.224 e. The molecule has 0 atom stereocenters. The van der Waals surface area contributed by atoms with Gasteiger partial charge < -0.3 is 10.3 Å². The van der Waals surface area contributed by atoms with Gasteiger partial charge in [0.05, 0.1) is 17.9 Å². The molecule has 0 radical (unpaired) electrons. The van der Waals surface area contributed by atoms with Crippen molar-refractivity contribution in [3.05, 3.63) is 49.3 Å². The molecule has 0 fully saturated rings. The Bertz CT molecular complexity index is 1240. The maximum absolute atomic E-state index is 4.45. The van der Waals surface area contributed by atoms with Gasteiger partial charge >= 0.3 is 0 Å². The largest absolute Gasteiger partial charge is 0.357 e. The van der Waals surface area contributed by atoms with Crippen molar-refractivity contribution in [2.24, 2.45) is 7.05 Å². The van der Waals surface area contributed by atoms with E-state index in [2.05, 4.69) is 36.5 Å². The number of fused-ring (bicyclic) bond motifs is 2. The second-order valence-corrected chi connectivity index (χ2v) is 6.11. The third kappa shape index (κ3) is 2.16. The van der Waals surface area contributed by atoms with Crippen molar-refractivity contribution in [2.75, 3.05) is 12.4 Å². The summed E-state index contributed by atoms with van der Waals surface area (Å²) in [4.78, 5) is 12.0. The molecule has 26 heavy (non-hydrogen) atoms. The number of rotatable bonds is 3. The number of hydrogen-bond donors (Lipinski definition) is 2. The topological polar surface area (TPSA) is 88.7 Å². The summed E-state index contributed by atoms with van der Waals surface area (Å²) in [6.07, 6.45) is 11.5. The van der Waals surface area contributed by atoms with Crippen molar-refractivity contribution in [1.29, 1.82) is 0 Å². The van der Waals surface area contributed by atoms with Crippen LogP contribution in [-0.4, -0.2) is 41.4 Å². The lowest BCUT2D eigenvalue weighted by molar-refractivity contribution is 0.768. The van der Waals surface area contributed by atoms with E-state index in [-0.39, 0.29) is 0 Å². The minimum atomic E-state index is 0.594. The van der Waals surface area contributed by atoms with Crippen molar-refractivity contribution >= 4 is 22.5 Å². The number of nitrogens with one attached hydrogen (secondary N) is 2. The number of aryl methyl sites for hydroxylation is 1. The van der Waals surface area contributed by atoms with Crippen LogP contribution in [0.15, 0.2) is 49.3 Å². The van der Waals surface area contributed by atoms with E-state index in [1.54, 1.807) is 11.7 Å². The van der Waals surface area contributed by atoms with E-state index in [1.165, 1.54) is 0 Å². The molecule has 0 saturated carbocycles. The van der Waals surface area contributed by atoms with Crippen molar-refractivity contribution < 1.29 is 0 Å². The van der Waals surface area contributed by atoms with Crippen molar-refractivity contribution in [2.45, 2.75) is 0 Å². The van der Waals surface area contributed by atoms with Crippen LogP contribution in [0.25, 0.3) is 38.8 Å². The molecule has 0 unspecified atom stereocenters. The van der Waals surface area contributed by atoms with Gasteiger partial charge in [-0.3, -0.25) is 4.68 Å². The average molecular weight is 344 g/mol. The van der Waals surface area contributed by atoms with E-state index in [0.717, 1.165) is 38.8 Å². The van der Waals surface area contributed by atoms with Gasteiger partial charge in [-0.05, 0) is 17.7 Å². The zero-order valence-electron chi connectivity index (χ0n) is 14.3. The third-order valence-electron chi connectivity index (χ3n) is 4.50. The molecule has 5 aromatic heterocycles. The Kier molecular flexibility index (Phi) is 3.05.